The van der Waals surface area contributed by atoms with Gasteiger partial charge in [-0.2, -0.15) is 0 Å². The van der Waals surface area contributed by atoms with Gasteiger partial charge in [0.15, 0.2) is 0 Å². The Morgan fingerprint density at radius 3 is 2.30 bits per heavy atom. The van der Waals surface area contributed by atoms with Crippen molar-refractivity contribution in [3.63, 3.8) is 0 Å². The molecule has 0 saturated heterocycles. The number of hydrogen-bond donors (Lipinski definition) is 1. The van der Waals surface area contributed by atoms with Crippen molar-refractivity contribution >= 4 is 0 Å². The number of likely N-dealkylation sites (N-methyl/N-ethyl adjacent to an activating group) is 1. The van der Waals surface area contributed by atoms with Gasteiger partial charge in [-0.15, -0.1) is 0 Å². The quantitative estimate of drug-likeness (QED) is 0.889. The van der Waals surface area contributed by atoms with Gasteiger partial charge in [0.1, 0.15) is 0 Å². The highest BCUT2D eigenvalue weighted by Gasteiger charge is 2.14. The van der Waals surface area contributed by atoms with Gasteiger partial charge < -0.3 is 5.32 Å². The van der Waals surface area contributed by atoms with Crippen molar-refractivity contribution in [2.24, 2.45) is 0 Å². The summed E-state index contributed by atoms with van der Waals surface area (Å²) in [5, 5.41) is 3.61. The van der Waals surface area contributed by atoms with Crippen LogP contribution in [0.2, 0.25) is 0 Å². The predicted octanol–water partition coefficient (Wildman–Crippen LogP) is 3.90. The van der Waals surface area contributed by atoms with E-state index in [2.05, 4.69) is 62.3 Å². The van der Waals surface area contributed by atoms with Crippen LogP contribution in [0.25, 0.3) is 0 Å². The maximum atomic E-state index is 4.09. The van der Waals surface area contributed by atoms with Crippen LogP contribution >= 0.6 is 0 Å². The van der Waals surface area contributed by atoms with E-state index < -0.39 is 0 Å². The number of nitrogens with one attached hydrogen (secondary N) is 1. The lowest BCUT2D eigenvalue weighted by atomic mass is 9.92. The standard InChI is InChI=1S/C18H24N2/c1-5-20-18(12-16-6-8-19-9-7-16)17-11-14(3)13(2)10-15(17)4/h6-11,18,20H,5,12H2,1-4H3. The van der Waals surface area contributed by atoms with Crippen LogP contribution in [0, 0.1) is 20.8 Å². The highest BCUT2D eigenvalue weighted by molar-refractivity contribution is 5.39. The second-order valence-electron chi connectivity index (χ2n) is 5.46. The number of aromatic nitrogens is 1. The van der Waals surface area contributed by atoms with Crippen molar-refractivity contribution in [1.82, 2.24) is 10.3 Å². The highest BCUT2D eigenvalue weighted by atomic mass is 14.9. The van der Waals surface area contributed by atoms with Crippen LogP contribution < -0.4 is 5.32 Å². The summed E-state index contributed by atoms with van der Waals surface area (Å²) in [4.78, 5) is 4.09. The van der Waals surface area contributed by atoms with E-state index >= 15 is 0 Å². The first-order valence-electron chi connectivity index (χ1n) is 7.31. The first kappa shape index (κ1) is 14.7. The molecule has 0 aliphatic carbocycles. The first-order valence-corrected chi connectivity index (χ1v) is 7.31. The number of hydrogen-bond acceptors (Lipinski definition) is 2. The predicted molar refractivity (Wildman–Crippen MR) is 85.0 cm³/mol. The molecule has 2 heteroatoms. The summed E-state index contributed by atoms with van der Waals surface area (Å²) in [5.74, 6) is 0. The molecule has 0 bridgehead atoms. The average Bonchev–Trinajstić information content (AvgIpc) is 2.44. The van der Waals surface area contributed by atoms with Crippen LogP contribution in [-0.2, 0) is 6.42 Å². The van der Waals surface area contributed by atoms with Gasteiger partial charge in [-0.25, -0.2) is 0 Å². The summed E-state index contributed by atoms with van der Waals surface area (Å²) in [5.41, 5.74) is 6.83. The van der Waals surface area contributed by atoms with Crippen LogP contribution in [-0.4, -0.2) is 11.5 Å². The van der Waals surface area contributed by atoms with Crippen molar-refractivity contribution in [1.29, 1.82) is 0 Å². The minimum absolute atomic E-state index is 0.363. The molecule has 0 saturated carbocycles. The summed E-state index contributed by atoms with van der Waals surface area (Å²) in [6.45, 7) is 9.71. The lowest BCUT2D eigenvalue weighted by molar-refractivity contribution is 0.546. The summed E-state index contributed by atoms with van der Waals surface area (Å²) < 4.78 is 0. The van der Waals surface area contributed by atoms with E-state index in [1.807, 2.05) is 12.4 Å². The molecule has 0 radical (unpaired) electrons. The molecule has 0 amide bonds. The molecule has 1 unspecified atom stereocenters. The Kier molecular flexibility index (Phi) is 4.91. The number of pyridine rings is 1. The fraction of sp³-hybridized carbons (Fsp3) is 0.389. The second-order valence-corrected chi connectivity index (χ2v) is 5.46. The topological polar surface area (TPSA) is 24.9 Å². The van der Waals surface area contributed by atoms with E-state index in [9.17, 15) is 0 Å². The zero-order chi connectivity index (χ0) is 14.5. The van der Waals surface area contributed by atoms with E-state index in [1.54, 1.807) is 0 Å². The normalized spacial score (nSPS) is 12.4. The fourth-order valence-electron chi connectivity index (χ4n) is 2.65. The van der Waals surface area contributed by atoms with E-state index in [-0.39, 0.29) is 0 Å². The Hall–Kier alpha value is -1.67. The molecule has 0 aliphatic rings. The van der Waals surface area contributed by atoms with Gasteiger partial charge in [0.05, 0.1) is 0 Å². The number of nitrogens with zero attached hydrogens (tertiary/aromatic N) is 1. The third kappa shape index (κ3) is 3.45. The number of rotatable bonds is 5. The monoisotopic (exact) mass is 268 g/mol. The van der Waals surface area contributed by atoms with Gasteiger partial charge in [-0.3, -0.25) is 4.98 Å². The molecular formula is C18H24N2. The lowest BCUT2D eigenvalue weighted by Gasteiger charge is -2.22. The number of aryl methyl sites for hydroxylation is 3. The molecule has 0 fully saturated rings. The van der Waals surface area contributed by atoms with Crippen molar-refractivity contribution in [3.05, 3.63) is 64.5 Å². The lowest BCUT2D eigenvalue weighted by Crippen LogP contribution is -2.24. The van der Waals surface area contributed by atoms with Crippen LogP contribution in [0.4, 0.5) is 0 Å². The third-order valence-corrected chi connectivity index (χ3v) is 3.90. The van der Waals surface area contributed by atoms with E-state index in [0.29, 0.717) is 6.04 Å². The van der Waals surface area contributed by atoms with Crippen LogP contribution in [0.3, 0.4) is 0 Å². The minimum Gasteiger partial charge on any atom is -0.310 e. The van der Waals surface area contributed by atoms with Crippen molar-refractivity contribution in [3.8, 4) is 0 Å². The molecule has 1 aromatic carbocycles. The van der Waals surface area contributed by atoms with Gasteiger partial charge in [0.2, 0.25) is 0 Å². The van der Waals surface area contributed by atoms with Gasteiger partial charge in [0, 0.05) is 18.4 Å². The van der Waals surface area contributed by atoms with Crippen molar-refractivity contribution < 1.29 is 0 Å². The Morgan fingerprint density at radius 1 is 1.00 bits per heavy atom. The van der Waals surface area contributed by atoms with Gasteiger partial charge in [0.25, 0.3) is 0 Å². The second kappa shape index (κ2) is 6.67. The third-order valence-electron chi connectivity index (χ3n) is 3.90. The summed E-state index contributed by atoms with van der Waals surface area (Å²) in [6.07, 6.45) is 4.73. The minimum atomic E-state index is 0.363. The van der Waals surface area contributed by atoms with Crippen LogP contribution in [0.5, 0.6) is 0 Å². The average molecular weight is 268 g/mol. The van der Waals surface area contributed by atoms with E-state index in [4.69, 9.17) is 0 Å². The molecule has 106 valence electrons. The zero-order valence-corrected chi connectivity index (χ0v) is 12.9. The molecule has 1 atom stereocenters. The Labute approximate surface area is 122 Å². The smallest absolute Gasteiger partial charge is 0.0363 e. The number of benzene rings is 1. The summed E-state index contributed by atoms with van der Waals surface area (Å²) in [6, 6.07) is 9.18. The molecule has 2 nitrogen and oxygen atoms in total. The maximum absolute atomic E-state index is 4.09. The van der Waals surface area contributed by atoms with E-state index in [0.717, 1.165) is 13.0 Å². The summed E-state index contributed by atoms with van der Waals surface area (Å²) >= 11 is 0. The van der Waals surface area contributed by atoms with Gasteiger partial charge in [-0.05, 0) is 73.7 Å². The Balaban J connectivity index is 2.31. The first-order chi connectivity index (χ1) is 9.61. The molecule has 0 aliphatic heterocycles. The van der Waals surface area contributed by atoms with Crippen LogP contribution in [0.1, 0.15) is 40.8 Å². The molecular weight excluding hydrogens is 244 g/mol. The maximum Gasteiger partial charge on any atom is 0.0363 e. The molecule has 1 N–H and O–H groups in total. The van der Waals surface area contributed by atoms with Gasteiger partial charge >= 0.3 is 0 Å². The SMILES string of the molecule is CCNC(Cc1ccncc1)c1cc(C)c(C)cc1C. The van der Waals surface area contributed by atoms with Gasteiger partial charge in [-0.1, -0.05) is 19.1 Å². The molecule has 0 spiro atoms. The van der Waals surface area contributed by atoms with E-state index in [1.165, 1.54) is 27.8 Å². The largest absolute Gasteiger partial charge is 0.310 e. The zero-order valence-electron chi connectivity index (χ0n) is 12.9. The highest BCUT2D eigenvalue weighted by Crippen LogP contribution is 2.24. The molecule has 1 heterocycles. The molecule has 1 aromatic heterocycles. The van der Waals surface area contributed by atoms with Crippen molar-refractivity contribution in [2.45, 2.75) is 40.2 Å². The van der Waals surface area contributed by atoms with Crippen molar-refractivity contribution in [2.75, 3.05) is 6.54 Å². The fourth-order valence-corrected chi connectivity index (χ4v) is 2.65. The van der Waals surface area contributed by atoms with Crippen LogP contribution in [0.15, 0.2) is 36.7 Å². The Morgan fingerprint density at radius 2 is 1.65 bits per heavy atom. The molecule has 2 aromatic rings. The summed E-state index contributed by atoms with van der Waals surface area (Å²) in [7, 11) is 0. The molecule has 2 rings (SSSR count). The Bertz CT molecular complexity index is 561. The molecule has 20 heavy (non-hydrogen) atoms.